The third-order valence-corrected chi connectivity index (χ3v) is 5.18. The topological polar surface area (TPSA) is 75.3 Å². The summed E-state index contributed by atoms with van der Waals surface area (Å²) in [5.41, 5.74) is 0.714. The Bertz CT molecular complexity index is 654. The van der Waals surface area contributed by atoms with E-state index in [4.69, 9.17) is 0 Å². The zero-order chi connectivity index (χ0) is 16.4. The maximum atomic E-state index is 12.7. The zero-order valence-corrected chi connectivity index (χ0v) is 12.9. The first-order valence-corrected chi connectivity index (χ1v) is 8.40. The third-order valence-electron chi connectivity index (χ3n) is 3.77. The lowest BCUT2D eigenvalue weighted by Crippen LogP contribution is -2.36. The van der Waals surface area contributed by atoms with E-state index in [0.717, 1.165) is 0 Å². The van der Waals surface area contributed by atoms with E-state index >= 15 is 0 Å². The van der Waals surface area contributed by atoms with Crippen molar-refractivity contribution in [3.8, 4) is 0 Å². The van der Waals surface area contributed by atoms with Crippen molar-refractivity contribution in [3.05, 3.63) is 23.8 Å². The number of alkyl halides is 2. The summed E-state index contributed by atoms with van der Waals surface area (Å²) in [7, 11) is -2.32. The van der Waals surface area contributed by atoms with Crippen LogP contribution in [0.5, 0.6) is 0 Å². The Morgan fingerprint density at radius 1 is 1.36 bits per heavy atom. The molecule has 0 heterocycles. The van der Waals surface area contributed by atoms with Crippen molar-refractivity contribution in [2.24, 2.45) is 5.92 Å². The van der Waals surface area contributed by atoms with Gasteiger partial charge in [0.1, 0.15) is 0 Å². The standard InChI is InChI=1S/C14H18F2N2O3S/c1-17-22(20,21)12-2-3-13(11(6-12)9-19)18-5-4-10-7-14(15,16)8-10/h2-3,6,9-10,17-18H,4-5,7-8H2,1H3. The molecule has 22 heavy (non-hydrogen) atoms. The smallest absolute Gasteiger partial charge is 0.248 e. The molecule has 5 nitrogen and oxygen atoms in total. The summed E-state index contributed by atoms with van der Waals surface area (Å²) < 4.78 is 51.0. The summed E-state index contributed by atoms with van der Waals surface area (Å²) in [5.74, 6) is -2.53. The van der Waals surface area contributed by atoms with Crippen LogP contribution in [0.3, 0.4) is 0 Å². The predicted octanol–water partition coefficient (Wildman–Crippen LogP) is 2.25. The number of anilines is 1. The minimum absolute atomic E-state index is 0.00119. The van der Waals surface area contributed by atoms with Crippen molar-refractivity contribution in [1.82, 2.24) is 4.72 Å². The molecule has 2 N–H and O–H groups in total. The number of carbonyl (C=O) groups is 1. The highest BCUT2D eigenvalue weighted by molar-refractivity contribution is 7.89. The minimum Gasteiger partial charge on any atom is -0.384 e. The van der Waals surface area contributed by atoms with Crippen molar-refractivity contribution >= 4 is 22.0 Å². The number of hydrogen-bond acceptors (Lipinski definition) is 4. The summed E-state index contributed by atoms with van der Waals surface area (Å²) in [5, 5.41) is 3.00. The van der Waals surface area contributed by atoms with Gasteiger partial charge in [-0.05, 0) is 37.6 Å². The van der Waals surface area contributed by atoms with Crippen LogP contribution in [-0.4, -0.2) is 34.2 Å². The number of nitrogens with one attached hydrogen (secondary N) is 2. The zero-order valence-electron chi connectivity index (χ0n) is 12.1. The van der Waals surface area contributed by atoms with Crippen molar-refractivity contribution in [3.63, 3.8) is 0 Å². The first-order chi connectivity index (χ1) is 10.3. The molecule has 0 aromatic heterocycles. The lowest BCUT2D eigenvalue weighted by molar-refractivity contribution is -0.111. The Hall–Kier alpha value is -1.54. The van der Waals surface area contributed by atoms with E-state index in [1.807, 2.05) is 0 Å². The fourth-order valence-corrected chi connectivity index (χ4v) is 3.25. The van der Waals surface area contributed by atoms with Crippen LogP contribution < -0.4 is 10.0 Å². The Morgan fingerprint density at radius 3 is 2.59 bits per heavy atom. The van der Waals surface area contributed by atoms with Gasteiger partial charge in [-0.2, -0.15) is 0 Å². The van der Waals surface area contributed by atoms with E-state index in [2.05, 4.69) is 10.0 Å². The molecule has 1 aromatic rings. The summed E-state index contributed by atoms with van der Waals surface area (Å²) in [4.78, 5) is 11.1. The molecular weight excluding hydrogens is 314 g/mol. The van der Waals surface area contributed by atoms with E-state index in [0.29, 0.717) is 24.9 Å². The summed E-state index contributed by atoms with van der Waals surface area (Å²) >= 11 is 0. The van der Waals surface area contributed by atoms with Crippen LogP contribution in [-0.2, 0) is 10.0 Å². The molecule has 1 aromatic carbocycles. The third kappa shape index (κ3) is 3.80. The van der Waals surface area contributed by atoms with Gasteiger partial charge in [-0.25, -0.2) is 21.9 Å². The van der Waals surface area contributed by atoms with E-state index < -0.39 is 15.9 Å². The van der Waals surface area contributed by atoms with Gasteiger partial charge in [-0.15, -0.1) is 0 Å². The van der Waals surface area contributed by atoms with Crippen LogP contribution in [0.1, 0.15) is 29.6 Å². The molecule has 0 spiro atoms. The molecule has 0 radical (unpaired) electrons. The quantitative estimate of drug-likeness (QED) is 0.751. The van der Waals surface area contributed by atoms with Gasteiger partial charge >= 0.3 is 0 Å². The fraction of sp³-hybridized carbons (Fsp3) is 0.500. The van der Waals surface area contributed by atoms with E-state index in [1.165, 1.54) is 25.2 Å². The second-order valence-electron chi connectivity index (χ2n) is 5.42. The predicted molar refractivity (Wildman–Crippen MR) is 78.9 cm³/mol. The molecule has 1 aliphatic rings. The van der Waals surface area contributed by atoms with Crippen LogP contribution in [0.15, 0.2) is 23.1 Å². The van der Waals surface area contributed by atoms with Gasteiger partial charge in [0.15, 0.2) is 6.29 Å². The molecule has 0 amide bonds. The minimum atomic E-state index is -3.61. The summed E-state index contributed by atoms with van der Waals surface area (Å²) in [6, 6.07) is 4.17. The van der Waals surface area contributed by atoms with Crippen LogP contribution in [0, 0.1) is 5.92 Å². The lowest BCUT2D eigenvalue weighted by atomic mass is 9.79. The lowest BCUT2D eigenvalue weighted by Gasteiger charge is -2.35. The molecule has 2 rings (SSSR count). The highest BCUT2D eigenvalue weighted by Crippen LogP contribution is 2.43. The largest absolute Gasteiger partial charge is 0.384 e. The number of sulfonamides is 1. The van der Waals surface area contributed by atoms with Gasteiger partial charge in [0.25, 0.3) is 0 Å². The van der Waals surface area contributed by atoms with E-state index in [-0.39, 0.29) is 29.2 Å². The number of rotatable bonds is 7. The highest BCUT2D eigenvalue weighted by Gasteiger charge is 2.44. The SMILES string of the molecule is CNS(=O)(=O)c1ccc(NCCC2CC(F)(F)C2)c(C=O)c1. The normalized spacial score (nSPS) is 17.8. The Balaban J connectivity index is 1.98. The first kappa shape index (κ1) is 16.8. The number of hydrogen-bond donors (Lipinski definition) is 2. The maximum Gasteiger partial charge on any atom is 0.248 e. The molecular formula is C14H18F2N2O3S. The van der Waals surface area contributed by atoms with E-state index in [9.17, 15) is 22.0 Å². The van der Waals surface area contributed by atoms with Crippen molar-refractivity contribution < 1.29 is 22.0 Å². The number of benzene rings is 1. The average molecular weight is 332 g/mol. The molecule has 0 bridgehead atoms. The molecule has 1 fully saturated rings. The molecule has 122 valence electrons. The number of halogens is 2. The number of aldehydes is 1. The second-order valence-corrected chi connectivity index (χ2v) is 7.31. The van der Waals surface area contributed by atoms with Crippen molar-refractivity contribution in [2.75, 3.05) is 18.9 Å². The molecule has 0 unspecified atom stereocenters. The highest BCUT2D eigenvalue weighted by atomic mass is 32.2. The summed E-state index contributed by atoms with van der Waals surface area (Å²) in [6.45, 7) is 0.458. The van der Waals surface area contributed by atoms with Gasteiger partial charge < -0.3 is 5.32 Å². The number of carbonyl (C=O) groups excluding carboxylic acids is 1. The fourth-order valence-electron chi connectivity index (χ4n) is 2.48. The molecule has 1 saturated carbocycles. The molecule has 0 atom stereocenters. The van der Waals surface area contributed by atoms with Crippen LogP contribution >= 0.6 is 0 Å². The molecule has 1 aliphatic carbocycles. The van der Waals surface area contributed by atoms with E-state index in [1.54, 1.807) is 0 Å². The van der Waals surface area contributed by atoms with Gasteiger partial charge in [-0.3, -0.25) is 4.79 Å². The van der Waals surface area contributed by atoms with Crippen LogP contribution in [0.4, 0.5) is 14.5 Å². The Morgan fingerprint density at radius 2 is 2.05 bits per heavy atom. The van der Waals surface area contributed by atoms with Gasteiger partial charge in [-0.1, -0.05) is 0 Å². The van der Waals surface area contributed by atoms with Gasteiger partial charge in [0.2, 0.25) is 15.9 Å². The Labute approximate surface area is 128 Å². The average Bonchev–Trinajstić information content (AvgIpc) is 2.45. The van der Waals surface area contributed by atoms with Crippen molar-refractivity contribution in [1.29, 1.82) is 0 Å². The van der Waals surface area contributed by atoms with Crippen LogP contribution in [0.25, 0.3) is 0 Å². The monoisotopic (exact) mass is 332 g/mol. The van der Waals surface area contributed by atoms with Gasteiger partial charge in [0, 0.05) is 30.6 Å². The first-order valence-electron chi connectivity index (χ1n) is 6.92. The second kappa shape index (κ2) is 6.29. The van der Waals surface area contributed by atoms with Crippen molar-refractivity contribution in [2.45, 2.75) is 30.1 Å². The summed E-state index contributed by atoms with van der Waals surface area (Å²) in [6.07, 6.45) is 0.974. The van der Waals surface area contributed by atoms with Gasteiger partial charge in [0.05, 0.1) is 4.90 Å². The maximum absolute atomic E-state index is 12.7. The Kier molecular flexibility index (Phi) is 4.81. The molecule has 0 saturated heterocycles. The van der Waals surface area contributed by atoms with Crippen LogP contribution in [0.2, 0.25) is 0 Å². The molecule has 8 heteroatoms. The molecule has 0 aliphatic heterocycles.